The van der Waals surface area contributed by atoms with Crippen LogP contribution in [0.4, 0.5) is 0 Å². The molecule has 3 atom stereocenters. The molecule has 4 nitrogen and oxygen atoms in total. The number of carbonyl (C=O) groups excluding carboxylic acids is 1. The molecule has 0 saturated carbocycles. The topological polar surface area (TPSA) is 51.2 Å². The number of carbonyl (C=O) groups is 1. The first kappa shape index (κ1) is 12.2. The molecule has 3 unspecified atom stereocenters. The average molecular weight is 287 g/mol. The molecule has 2 bridgehead atoms. The number of amides is 1. The van der Waals surface area contributed by atoms with Gasteiger partial charge in [-0.3, -0.25) is 4.79 Å². The van der Waals surface area contributed by atoms with Crippen LogP contribution in [-0.4, -0.2) is 29.1 Å². The summed E-state index contributed by atoms with van der Waals surface area (Å²) >= 11 is 11.6. The van der Waals surface area contributed by atoms with Crippen LogP contribution in [0.5, 0.6) is 0 Å². The van der Waals surface area contributed by atoms with Gasteiger partial charge in [0.15, 0.2) is 0 Å². The van der Waals surface area contributed by atoms with Crippen LogP contribution in [0, 0.1) is 0 Å². The van der Waals surface area contributed by atoms with E-state index in [1.165, 1.54) is 12.3 Å². The van der Waals surface area contributed by atoms with Gasteiger partial charge in [0.25, 0.3) is 5.91 Å². The molecule has 2 fully saturated rings. The third-order valence-electron chi connectivity index (χ3n) is 3.48. The molecule has 18 heavy (non-hydrogen) atoms. The van der Waals surface area contributed by atoms with Gasteiger partial charge in [0.2, 0.25) is 0 Å². The van der Waals surface area contributed by atoms with Gasteiger partial charge < -0.3 is 10.1 Å². The summed E-state index contributed by atoms with van der Waals surface area (Å²) in [5.74, 6) is -0.179. The normalized spacial score (nSPS) is 29.6. The van der Waals surface area contributed by atoms with Crippen molar-refractivity contribution in [3.63, 3.8) is 0 Å². The lowest BCUT2D eigenvalue weighted by molar-refractivity contribution is 0.0840. The van der Waals surface area contributed by atoms with E-state index in [2.05, 4.69) is 10.3 Å². The summed E-state index contributed by atoms with van der Waals surface area (Å²) < 4.78 is 5.69. The summed E-state index contributed by atoms with van der Waals surface area (Å²) in [6.07, 6.45) is 4.92. The molecule has 0 aliphatic carbocycles. The molecule has 2 aliphatic heterocycles. The smallest absolute Gasteiger partial charge is 0.253 e. The van der Waals surface area contributed by atoms with E-state index < -0.39 is 0 Å². The highest BCUT2D eigenvalue weighted by atomic mass is 35.5. The van der Waals surface area contributed by atoms with E-state index in [1.54, 1.807) is 0 Å². The van der Waals surface area contributed by atoms with E-state index in [1.807, 2.05) is 0 Å². The van der Waals surface area contributed by atoms with Gasteiger partial charge in [-0.25, -0.2) is 4.98 Å². The van der Waals surface area contributed by atoms with Crippen LogP contribution in [0.25, 0.3) is 0 Å². The summed E-state index contributed by atoms with van der Waals surface area (Å²) in [5, 5.41) is 3.46. The van der Waals surface area contributed by atoms with Gasteiger partial charge in [-0.05, 0) is 25.3 Å². The number of halogens is 2. The zero-order chi connectivity index (χ0) is 12.7. The lowest BCUT2D eigenvalue weighted by Crippen LogP contribution is -2.41. The fourth-order valence-corrected chi connectivity index (χ4v) is 2.86. The highest BCUT2D eigenvalue weighted by molar-refractivity contribution is 6.41. The van der Waals surface area contributed by atoms with Crippen molar-refractivity contribution in [1.29, 1.82) is 0 Å². The van der Waals surface area contributed by atoms with Gasteiger partial charge in [-0.2, -0.15) is 0 Å². The highest BCUT2D eigenvalue weighted by Gasteiger charge is 2.41. The van der Waals surface area contributed by atoms with Crippen molar-refractivity contribution < 1.29 is 9.53 Å². The number of nitrogens with zero attached hydrogens (tertiary/aromatic N) is 1. The van der Waals surface area contributed by atoms with E-state index >= 15 is 0 Å². The maximum Gasteiger partial charge on any atom is 0.253 e. The van der Waals surface area contributed by atoms with Gasteiger partial charge in [-0.15, -0.1) is 0 Å². The van der Waals surface area contributed by atoms with Crippen LogP contribution in [0.15, 0.2) is 12.3 Å². The summed E-state index contributed by atoms with van der Waals surface area (Å²) in [5.41, 5.74) is 0.423. The van der Waals surface area contributed by atoms with E-state index in [9.17, 15) is 4.79 Å². The fourth-order valence-electron chi connectivity index (χ4n) is 2.59. The van der Waals surface area contributed by atoms with Gasteiger partial charge in [-0.1, -0.05) is 23.2 Å². The molecule has 1 aromatic heterocycles. The quantitative estimate of drug-likeness (QED) is 0.850. The van der Waals surface area contributed by atoms with Gasteiger partial charge in [0.05, 0.1) is 28.8 Å². The second-order valence-corrected chi connectivity index (χ2v) is 5.45. The second kappa shape index (κ2) is 4.68. The largest absolute Gasteiger partial charge is 0.373 e. The van der Waals surface area contributed by atoms with Crippen LogP contribution in [0.1, 0.15) is 29.6 Å². The molecule has 0 spiro atoms. The molecule has 2 saturated heterocycles. The first-order valence-corrected chi connectivity index (χ1v) is 6.66. The monoisotopic (exact) mass is 286 g/mol. The Morgan fingerprint density at radius 1 is 1.44 bits per heavy atom. The SMILES string of the molecule is O=C(NC1CC2CCC1O2)c1cnc(Cl)c(Cl)c1. The number of fused-ring (bicyclic) bond motifs is 2. The molecule has 96 valence electrons. The van der Waals surface area contributed by atoms with Crippen molar-refractivity contribution in [3.8, 4) is 0 Å². The van der Waals surface area contributed by atoms with E-state index in [-0.39, 0.29) is 28.2 Å². The molecule has 0 radical (unpaired) electrons. The molecule has 6 heteroatoms. The maximum atomic E-state index is 12.0. The van der Waals surface area contributed by atoms with Crippen LogP contribution in [0.2, 0.25) is 10.2 Å². The van der Waals surface area contributed by atoms with Crippen molar-refractivity contribution in [2.45, 2.75) is 37.5 Å². The lowest BCUT2D eigenvalue weighted by atomic mass is 9.95. The van der Waals surface area contributed by atoms with Crippen molar-refractivity contribution in [3.05, 3.63) is 28.0 Å². The molecule has 1 N–H and O–H groups in total. The Morgan fingerprint density at radius 2 is 2.28 bits per heavy atom. The lowest BCUT2D eigenvalue weighted by Gasteiger charge is -2.19. The van der Waals surface area contributed by atoms with E-state index in [4.69, 9.17) is 27.9 Å². The Balaban J connectivity index is 1.69. The van der Waals surface area contributed by atoms with Gasteiger partial charge >= 0.3 is 0 Å². The summed E-state index contributed by atoms with van der Waals surface area (Å²) in [6.45, 7) is 0. The Kier molecular flexibility index (Phi) is 3.18. The standard InChI is InChI=1S/C12H12Cl2N2O2/c13-8-3-6(5-15-11(8)14)12(17)16-9-4-7-1-2-10(9)18-7/h3,5,7,9-10H,1-2,4H2,(H,16,17). The number of rotatable bonds is 2. The van der Waals surface area contributed by atoms with E-state index in [0.29, 0.717) is 11.7 Å². The fraction of sp³-hybridized carbons (Fsp3) is 0.500. The number of ether oxygens (including phenoxy) is 1. The van der Waals surface area contributed by atoms with Crippen molar-refractivity contribution >= 4 is 29.1 Å². The zero-order valence-corrected chi connectivity index (χ0v) is 11.0. The molecule has 1 aromatic rings. The van der Waals surface area contributed by atoms with Crippen LogP contribution in [0.3, 0.4) is 0 Å². The second-order valence-electron chi connectivity index (χ2n) is 4.69. The highest BCUT2D eigenvalue weighted by Crippen LogP contribution is 2.34. The number of hydrogen-bond donors (Lipinski definition) is 1. The van der Waals surface area contributed by atoms with Crippen LogP contribution < -0.4 is 5.32 Å². The zero-order valence-electron chi connectivity index (χ0n) is 9.53. The van der Waals surface area contributed by atoms with Crippen LogP contribution in [-0.2, 0) is 4.74 Å². The molecular weight excluding hydrogens is 275 g/mol. The third kappa shape index (κ3) is 2.20. The predicted molar refractivity (Wildman–Crippen MR) is 68.0 cm³/mol. The molecule has 1 amide bonds. The van der Waals surface area contributed by atoms with Crippen molar-refractivity contribution in [2.75, 3.05) is 0 Å². The molecule has 3 rings (SSSR count). The van der Waals surface area contributed by atoms with Crippen LogP contribution >= 0.6 is 23.2 Å². The van der Waals surface area contributed by atoms with Crippen molar-refractivity contribution in [2.24, 2.45) is 0 Å². The molecule has 3 heterocycles. The number of pyridine rings is 1. The Morgan fingerprint density at radius 3 is 2.89 bits per heavy atom. The third-order valence-corrected chi connectivity index (χ3v) is 4.17. The molecular formula is C12H12Cl2N2O2. The summed E-state index contributed by atoms with van der Waals surface area (Å²) in [4.78, 5) is 15.9. The minimum atomic E-state index is -0.179. The molecule has 0 aromatic carbocycles. The minimum Gasteiger partial charge on any atom is -0.373 e. The Labute approximate surface area is 115 Å². The maximum absolute atomic E-state index is 12.0. The summed E-state index contributed by atoms with van der Waals surface area (Å²) in [6, 6.07) is 1.63. The average Bonchev–Trinajstić information content (AvgIpc) is 2.94. The van der Waals surface area contributed by atoms with Gasteiger partial charge in [0, 0.05) is 6.20 Å². The van der Waals surface area contributed by atoms with Crippen molar-refractivity contribution in [1.82, 2.24) is 10.3 Å². The number of hydrogen-bond acceptors (Lipinski definition) is 3. The first-order chi connectivity index (χ1) is 8.63. The summed E-state index contributed by atoms with van der Waals surface area (Å²) in [7, 11) is 0. The van der Waals surface area contributed by atoms with Gasteiger partial charge in [0.1, 0.15) is 5.15 Å². The molecule has 2 aliphatic rings. The number of nitrogens with one attached hydrogen (secondary N) is 1. The Bertz CT molecular complexity index is 495. The number of aromatic nitrogens is 1. The minimum absolute atomic E-state index is 0.103. The van der Waals surface area contributed by atoms with E-state index in [0.717, 1.165) is 19.3 Å². The first-order valence-electron chi connectivity index (χ1n) is 5.91. The Hall–Kier alpha value is -0.840. The predicted octanol–water partition coefficient (Wildman–Crippen LogP) is 2.44.